The van der Waals surface area contributed by atoms with Crippen molar-refractivity contribution in [1.29, 1.82) is 0 Å². The third-order valence-electron chi connectivity index (χ3n) is 4.99. The van der Waals surface area contributed by atoms with Crippen LogP contribution in [0.5, 0.6) is 0 Å². The van der Waals surface area contributed by atoms with E-state index in [1.54, 1.807) is 15.7 Å². The number of H-pyrrole nitrogens is 1. The minimum atomic E-state index is -0.207. The quantitative estimate of drug-likeness (QED) is 0.738. The van der Waals surface area contributed by atoms with E-state index in [9.17, 15) is 9.59 Å². The summed E-state index contributed by atoms with van der Waals surface area (Å²) < 4.78 is 1.64. The van der Waals surface area contributed by atoms with Gasteiger partial charge in [0.05, 0.1) is 0 Å². The standard InChI is InChI=1S/C21H21N3O2/c1-15-8-12-24(21(26)19(15)20(25)23-10-4-5-11-23)13-9-16-14-22-18-7-3-2-6-17(16)18/h2-8,12,14,22H,9-11,13H2,1H3. The second kappa shape index (κ2) is 6.67. The summed E-state index contributed by atoms with van der Waals surface area (Å²) in [5.41, 5.74) is 3.08. The van der Waals surface area contributed by atoms with E-state index < -0.39 is 0 Å². The van der Waals surface area contributed by atoms with Gasteiger partial charge in [0.1, 0.15) is 5.56 Å². The summed E-state index contributed by atoms with van der Waals surface area (Å²) in [7, 11) is 0. The van der Waals surface area contributed by atoms with Crippen molar-refractivity contribution in [1.82, 2.24) is 14.5 Å². The number of nitrogens with one attached hydrogen (secondary N) is 1. The van der Waals surface area contributed by atoms with Crippen LogP contribution in [0.25, 0.3) is 10.9 Å². The number of nitrogens with zero attached hydrogens (tertiary/aromatic N) is 2. The van der Waals surface area contributed by atoms with Gasteiger partial charge in [-0.3, -0.25) is 9.59 Å². The summed E-state index contributed by atoms with van der Waals surface area (Å²) in [6.45, 7) is 3.51. The van der Waals surface area contributed by atoms with Crippen LogP contribution in [-0.2, 0) is 13.0 Å². The molecular formula is C21H21N3O2. The number of hydrogen-bond donors (Lipinski definition) is 1. The molecule has 2 aromatic heterocycles. The lowest BCUT2D eigenvalue weighted by molar-refractivity contribution is 0.0797. The highest BCUT2D eigenvalue weighted by Gasteiger charge is 2.22. The number of fused-ring (bicyclic) bond motifs is 1. The Bertz CT molecular complexity index is 1050. The summed E-state index contributed by atoms with van der Waals surface area (Å²) >= 11 is 0. The molecule has 3 aromatic rings. The maximum Gasteiger partial charge on any atom is 0.263 e. The van der Waals surface area contributed by atoms with Crippen molar-refractivity contribution in [3.63, 3.8) is 0 Å². The van der Waals surface area contributed by atoms with E-state index in [1.165, 1.54) is 10.9 Å². The Labute approximate surface area is 151 Å². The number of amides is 1. The van der Waals surface area contributed by atoms with E-state index in [0.717, 1.165) is 17.5 Å². The van der Waals surface area contributed by atoms with Gasteiger partial charge in [0.15, 0.2) is 0 Å². The molecule has 0 saturated heterocycles. The topological polar surface area (TPSA) is 58.1 Å². The normalized spacial score (nSPS) is 13.7. The number of para-hydroxylation sites is 1. The average molecular weight is 347 g/mol. The zero-order chi connectivity index (χ0) is 18.1. The van der Waals surface area contributed by atoms with Crippen molar-refractivity contribution in [2.45, 2.75) is 19.9 Å². The monoisotopic (exact) mass is 347 g/mol. The number of carbonyl (C=O) groups is 1. The number of aromatic amines is 1. The van der Waals surface area contributed by atoms with Crippen molar-refractivity contribution in [2.24, 2.45) is 0 Å². The minimum absolute atomic E-state index is 0.182. The highest BCUT2D eigenvalue weighted by Crippen LogP contribution is 2.18. The maximum absolute atomic E-state index is 12.9. The Balaban J connectivity index is 1.60. The molecule has 3 heterocycles. The molecule has 1 aliphatic rings. The number of rotatable bonds is 4. The number of hydrogen-bond acceptors (Lipinski definition) is 2. The number of aromatic nitrogens is 2. The van der Waals surface area contributed by atoms with Gasteiger partial charge in [0.2, 0.25) is 0 Å². The number of carbonyl (C=O) groups excluding carboxylic acids is 1. The molecule has 4 rings (SSSR count). The van der Waals surface area contributed by atoms with Crippen molar-refractivity contribution in [3.05, 3.63) is 81.9 Å². The van der Waals surface area contributed by atoms with Gasteiger partial charge in [0, 0.05) is 42.9 Å². The lowest BCUT2D eigenvalue weighted by Crippen LogP contribution is -2.36. The largest absolute Gasteiger partial charge is 0.361 e. The molecule has 0 saturated carbocycles. The predicted octanol–water partition coefficient (Wildman–Crippen LogP) is 2.89. The van der Waals surface area contributed by atoms with Crippen LogP contribution in [0.2, 0.25) is 0 Å². The summed E-state index contributed by atoms with van der Waals surface area (Å²) in [5.74, 6) is -0.182. The molecule has 0 atom stereocenters. The van der Waals surface area contributed by atoms with Crippen LogP contribution < -0.4 is 5.56 Å². The van der Waals surface area contributed by atoms with Crippen LogP contribution >= 0.6 is 0 Å². The second-order valence-electron chi connectivity index (χ2n) is 6.66. The van der Waals surface area contributed by atoms with Gasteiger partial charge < -0.3 is 14.5 Å². The first kappa shape index (κ1) is 16.4. The number of aryl methyl sites for hydroxylation is 3. The SMILES string of the molecule is Cc1ccn(CCc2c[nH]c3ccccc23)c(=O)c1C(=O)N1CC=CC1. The molecule has 0 fully saturated rings. The Kier molecular flexibility index (Phi) is 4.21. The van der Waals surface area contributed by atoms with Crippen molar-refractivity contribution >= 4 is 16.8 Å². The zero-order valence-corrected chi connectivity index (χ0v) is 14.7. The number of pyridine rings is 1. The molecule has 0 aliphatic carbocycles. The van der Waals surface area contributed by atoms with Crippen molar-refractivity contribution in [2.75, 3.05) is 13.1 Å². The van der Waals surface area contributed by atoms with E-state index in [0.29, 0.717) is 19.6 Å². The molecule has 0 spiro atoms. The van der Waals surface area contributed by atoms with Gasteiger partial charge in [-0.25, -0.2) is 0 Å². The zero-order valence-electron chi connectivity index (χ0n) is 14.7. The van der Waals surface area contributed by atoms with Crippen LogP contribution in [0.4, 0.5) is 0 Å². The first-order chi connectivity index (χ1) is 12.6. The summed E-state index contributed by atoms with van der Waals surface area (Å²) in [5, 5.41) is 1.17. The maximum atomic E-state index is 12.9. The third kappa shape index (κ3) is 2.86. The van der Waals surface area contributed by atoms with Gasteiger partial charge in [-0.1, -0.05) is 30.4 Å². The van der Waals surface area contributed by atoms with Gasteiger partial charge in [-0.05, 0) is 36.6 Å². The predicted molar refractivity (Wildman–Crippen MR) is 102 cm³/mol. The molecule has 1 amide bonds. The fourth-order valence-corrected chi connectivity index (χ4v) is 3.48. The van der Waals surface area contributed by atoms with E-state index in [1.807, 2.05) is 49.5 Å². The van der Waals surface area contributed by atoms with Gasteiger partial charge in [0.25, 0.3) is 11.5 Å². The van der Waals surface area contributed by atoms with Gasteiger partial charge >= 0.3 is 0 Å². The smallest absolute Gasteiger partial charge is 0.263 e. The van der Waals surface area contributed by atoms with Crippen LogP contribution in [0, 0.1) is 6.92 Å². The van der Waals surface area contributed by atoms with Crippen LogP contribution in [0.3, 0.4) is 0 Å². The minimum Gasteiger partial charge on any atom is -0.361 e. The molecule has 1 aromatic carbocycles. The van der Waals surface area contributed by atoms with Gasteiger partial charge in [-0.2, -0.15) is 0 Å². The lowest BCUT2D eigenvalue weighted by Gasteiger charge is -2.17. The first-order valence-corrected chi connectivity index (χ1v) is 8.84. The van der Waals surface area contributed by atoms with E-state index >= 15 is 0 Å². The van der Waals surface area contributed by atoms with E-state index in [-0.39, 0.29) is 17.0 Å². The molecule has 0 bridgehead atoms. The number of benzene rings is 1. The van der Waals surface area contributed by atoms with Crippen LogP contribution in [0.1, 0.15) is 21.5 Å². The van der Waals surface area contributed by atoms with Crippen LogP contribution in [0.15, 0.2) is 59.7 Å². The Morgan fingerprint density at radius 1 is 1.15 bits per heavy atom. The summed E-state index contributed by atoms with van der Waals surface area (Å²) in [4.78, 5) is 30.6. The van der Waals surface area contributed by atoms with E-state index in [4.69, 9.17) is 0 Å². The lowest BCUT2D eigenvalue weighted by atomic mass is 10.1. The third-order valence-corrected chi connectivity index (χ3v) is 4.99. The van der Waals surface area contributed by atoms with Crippen molar-refractivity contribution < 1.29 is 4.79 Å². The molecular weight excluding hydrogens is 326 g/mol. The molecule has 0 unspecified atom stereocenters. The molecule has 132 valence electrons. The molecule has 1 aliphatic heterocycles. The average Bonchev–Trinajstić information content (AvgIpc) is 3.31. The highest BCUT2D eigenvalue weighted by atomic mass is 16.2. The molecule has 0 radical (unpaired) electrons. The molecule has 26 heavy (non-hydrogen) atoms. The Hall–Kier alpha value is -3.08. The molecule has 5 heteroatoms. The second-order valence-corrected chi connectivity index (χ2v) is 6.66. The summed E-state index contributed by atoms with van der Waals surface area (Å²) in [6, 6.07) is 9.98. The van der Waals surface area contributed by atoms with Crippen LogP contribution in [-0.4, -0.2) is 33.4 Å². The van der Waals surface area contributed by atoms with Gasteiger partial charge in [-0.15, -0.1) is 0 Å². The Morgan fingerprint density at radius 2 is 1.92 bits per heavy atom. The Morgan fingerprint density at radius 3 is 2.73 bits per heavy atom. The highest BCUT2D eigenvalue weighted by molar-refractivity contribution is 5.95. The van der Waals surface area contributed by atoms with E-state index in [2.05, 4.69) is 11.1 Å². The fraction of sp³-hybridized carbons (Fsp3) is 0.238. The van der Waals surface area contributed by atoms with Crippen molar-refractivity contribution in [3.8, 4) is 0 Å². The molecule has 1 N–H and O–H groups in total. The molecule has 5 nitrogen and oxygen atoms in total. The summed E-state index contributed by atoms with van der Waals surface area (Å²) in [6.07, 6.45) is 8.40. The fourth-order valence-electron chi connectivity index (χ4n) is 3.48. The first-order valence-electron chi connectivity index (χ1n) is 8.84.